The molecule has 2 aliphatic rings. The largest absolute Gasteiger partial charge is 0.492 e. The standard InChI is InChI=1S/C35H33F3N8O/c36-25-14-23(15-26(16-25)47-12-11-45-8-1-2-9-45)27-5-7-40-34-28(27)17-31(42-34)33-32-30(43-44-33)4-3-29(41-32)24-13-22(18-39-19-24)20-46-10-6-35(37,38)21-46/h3-5,7,13-19H,1-2,6,8-12,20-21H2,(H,40,42)(H,43,44). The molecule has 5 aromatic heterocycles. The van der Waals surface area contributed by atoms with E-state index in [9.17, 15) is 13.2 Å². The summed E-state index contributed by atoms with van der Waals surface area (Å²) in [5, 5.41) is 8.44. The topological polar surface area (TPSA) is 98.8 Å². The maximum Gasteiger partial charge on any atom is 0.261 e. The van der Waals surface area contributed by atoms with E-state index < -0.39 is 5.92 Å². The van der Waals surface area contributed by atoms with Gasteiger partial charge in [0.05, 0.1) is 23.4 Å². The molecule has 8 rings (SSSR count). The lowest BCUT2D eigenvalue weighted by Gasteiger charge is -2.15. The second-order valence-corrected chi connectivity index (χ2v) is 12.4. The zero-order valence-electron chi connectivity index (χ0n) is 25.6. The van der Waals surface area contributed by atoms with Gasteiger partial charge in [0, 0.05) is 61.7 Å². The molecule has 2 N–H and O–H groups in total. The van der Waals surface area contributed by atoms with Gasteiger partial charge in [0.2, 0.25) is 0 Å². The molecule has 0 amide bonds. The Bertz CT molecular complexity index is 2070. The lowest BCUT2D eigenvalue weighted by Crippen LogP contribution is -2.25. The normalized spacial score (nSPS) is 16.9. The first-order valence-electron chi connectivity index (χ1n) is 15.9. The molecular formula is C35H33F3N8O. The van der Waals surface area contributed by atoms with Crippen molar-refractivity contribution in [3.8, 4) is 39.5 Å². The molecule has 0 aliphatic carbocycles. The van der Waals surface area contributed by atoms with E-state index in [1.807, 2.05) is 36.4 Å². The monoisotopic (exact) mass is 638 g/mol. The molecule has 2 saturated heterocycles. The molecule has 2 aliphatic heterocycles. The minimum atomic E-state index is -2.64. The summed E-state index contributed by atoms with van der Waals surface area (Å²) in [5.41, 5.74) is 7.18. The summed E-state index contributed by atoms with van der Waals surface area (Å²) in [6.07, 6.45) is 7.42. The number of pyridine rings is 3. The molecule has 0 atom stereocenters. The molecule has 240 valence electrons. The second kappa shape index (κ2) is 12.1. The predicted molar refractivity (Wildman–Crippen MR) is 174 cm³/mol. The lowest BCUT2D eigenvalue weighted by molar-refractivity contribution is 0.0115. The molecule has 0 saturated carbocycles. The zero-order chi connectivity index (χ0) is 32.0. The van der Waals surface area contributed by atoms with Gasteiger partial charge >= 0.3 is 0 Å². The van der Waals surface area contributed by atoms with Crippen LogP contribution < -0.4 is 4.74 Å². The first-order chi connectivity index (χ1) is 22.9. The van der Waals surface area contributed by atoms with Gasteiger partial charge in [-0.2, -0.15) is 5.10 Å². The number of fused-ring (bicyclic) bond motifs is 2. The summed E-state index contributed by atoms with van der Waals surface area (Å²) in [5.74, 6) is -2.52. The van der Waals surface area contributed by atoms with Crippen molar-refractivity contribution in [3.63, 3.8) is 0 Å². The molecule has 6 aromatic rings. The highest BCUT2D eigenvalue weighted by atomic mass is 19.3. The van der Waals surface area contributed by atoms with E-state index in [0.717, 1.165) is 47.2 Å². The number of aromatic amines is 2. The summed E-state index contributed by atoms with van der Waals surface area (Å²) in [6.45, 7) is 4.00. The van der Waals surface area contributed by atoms with Gasteiger partial charge in [0.1, 0.15) is 35.0 Å². The van der Waals surface area contributed by atoms with Gasteiger partial charge in [0.15, 0.2) is 0 Å². The van der Waals surface area contributed by atoms with E-state index in [1.165, 1.54) is 25.0 Å². The molecule has 7 heterocycles. The van der Waals surface area contributed by atoms with Crippen molar-refractivity contribution in [3.05, 3.63) is 78.5 Å². The Morgan fingerprint density at radius 1 is 0.936 bits per heavy atom. The third-order valence-electron chi connectivity index (χ3n) is 9.00. The fraction of sp³-hybridized carbons (Fsp3) is 0.314. The summed E-state index contributed by atoms with van der Waals surface area (Å²) >= 11 is 0. The fourth-order valence-corrected chi connectivity index (χ4v) is 6.67. The Morgan fingerprint density at radius 3 is 2.68 bits per heavy atom. The number of rotatable bonds is 9. The number of alkyl halides is 2. The van der Waals surface area contributed by atoms with Crippen LogP contribution in [-0.4, -0.2) is 85.2 Å². The van der Waals surface area contributed by atoms with Gasteiger partial charge in [-0.1, -0.05) is 0 Å². The van der Waals surface area contributed by atoms with Gasteiger partial charge in [-0.25, -0.2) is 23.1 Å². The van der Waals surface area contributed by atoms with Crippen molar-refractivity contribution in [1.82, 2.24) is 39.9 Å². The summed E-state index contributed by atoms with van der Waals surface area (Å²) in [6, 6.07) is 14.3. The van der Waals surface area contributed by atoms with E-state index in [0.29, 0.717) is 59.3 Å². The number of likely N-dealkylation sites (tertiary alicyclic amines) is 2. The highest BCUT2D eigenvalue weighted by molar-refractivity contribution is 5.99. The first-order valence-corrected chi connectivity index (χ1v) is 15.9. The number of benzene rings is 1. The zero-order valence-corrected chi connectivity index (χ0v) is 25.6. The van der Waals surface area contributed by atoms with E-state index >= 15 is 0 Å². The Labute approximate surface area is 268 Å². The second-order valence-electron chi connectivity index (χ2n) is 12.4. The maximum atomic E-state index is 14.8. The van der Waals surface area contributed by atoms with Crippen LogP contribution in [-0.2, 0) is 6.54 Å². The number of hydrogen-bond acceptors (Lipinski definition) is 7. The van der Waals surface area contributed by atoms with E-state index in [4.69, 9.17) is 9.72 Å². The average Bonchev–Trinajstić information content (AvgIpc) is 3.87. The van der Waals surface area contributed by atoms with E-state index in [1.54, 1.807) is 23.5 Å². The van der Waals surface area contributed by atoms with E-state index in [2.05, 4.69) is 30.0 Å². The molecule has 0 unspecified atom stereocenters. The lowest BCUT2D eigenvalue weighted by atomic mass is 10.0. The van der Waals surface area contributed by atoms with Crippen molar-refractivity contribution in [2.45, 2.75) is 31.7 Å². The molecule has 1 aromatic carbocycles. The molecule has 12 heteroatoms. The van der Waals surface area contributed by atoms with Gasteiger partial charge in [-0.05, 0) is 85.1 Å². The van der Waals surface area contributed by atoms with Gasteiger partial charge in [-0.3, -0.25) is 19.9 Å². The number of halogens is 3. The van der Waals surface area contributed by atoms with Crippen molar-refractivity contribution in [2.75, 3.05) is 39.3 Å². The van der Waals surface area contributed by atoms with Crippen molar-refractivity contribution >= 4 is 22.1 Å². The average molecular weight is 639 g/mol. The number of hydrogen-bond donors (Lipinski definition) is 2. The molecular weight excluding hydrogens is 605 g/mol. The highest BCUT2D eigenvalue weighted by Gasteiger charge is 2.38. The predicted octanol–water partition coefficient (Wildman–Crippen LogP) is 6.68. The quantitative estimate of drug-likeness (QED) is 0.182. The Kier molecular flexibility index (Phi) is 7.61. The minimum absolute atomic E-state index is 0.122. The van der Waals surface area contributed by atoms with Crippen LogP contribution in [0.2, 0.25) is 0 Å². The van der Waals surface area contributed by atoms with Crippen LogP contribution in [0.1, 0.15) is 24.8 Å². The molecule has 0 spiro atoms. The third kappa shape index (κ3) is 6.18. The van der Waals surface area contributed by atoms with Crippen LogP contribution in [0.25, 0.3) is 55.8 Å². The highest BCUT2D eigenvalue weighted by Crippen LogP contribution is 2.35. The van der Waals surface area contributed by atoms with Gasteiger partial charge in [-0.15, -0.1) is 0 Å². The van der Waals surface area contributed by atoms with Gasteiger partial charge in [0.25, 0.3) is 5.92 Å². The molecule has 0 radical (unpaired) electrons. The van der Waals surface area contributed by atoms with Crippen LogP contribution in [0.15, 0.2) is 67.1 Å². The number of nitrogens with zero attached hydrogens (tertiary/aromatic N) is 6. The van der Waals surface area contributed by atoms with Crippen LogP contribution in [0.4, 0.5) is 13.2 Å². The Balaban J connectivity index is 1.08. The number of aromatic nitrogens is 6. The third-order valence-corrected chi connectivity index (χ3v) is 9.00. The van der Waals surface area contributed by atoms with Crippen molar-refractivity contribution < 1.29 is 17.9 Å². The first kappa shape index (κ1) is 29.6. The Morgan fingerprint density at radius 2 is 1.83 bits per heavy atom. The summed E-state index contributed by atoms with van der Waals surface area (Å²) < 4.78 is 48.2. The fourth-order valence-electron chi connectivity index (χ4n) is 6.67. The minimum Gasteiger partial charge on any atom is -0.492 e. The van der Waals surface area contributed by atoms with Gasteiger partial charge < -0.3 is 9.72 Å². The summed E-state index contributed by atoms with van der Waals surface area (Å²) in [4.78, 5) is 21.3. The van der Waals surface area contributed by atoms with Crippen molar-refractivity contribution in [1.29, 1.82) is 0 Å². The summed E-state index contributed by atoms with van der Waals surface area (Å²) in [7, 11) is 0. The van der Waals surface area contributed by atoms with Crippen LogP contribution >= 0.6 is 0 Å². The van der Waals surface area contributed by atoms with Crippen LogP contribution in [0, 0.1) is 5.82 Å². The molecule has 9 nitrogen and oxygen atoms in total. The Hall–Kier alpha value is -4.81. The molecule has 2 fully saturated rings. The molecule has 47 heavy (non-hydrogen) atoms. The van der Waals surface area contributed by atoms with Crippen molar-refractivity contribution in [2.24, 2.45) is 0 Å². The number of ether oxygens (including phenoxy) is 1. The van der Waals surface area contributed by atoms with E-state index in [-0.39, 0.29) is 18.8 Å². The van der Waals surface area contributed by atoms with Crippen LogP contribution in [0.5, 0.6) is 5.75 Å². The molecule has 0 bridgehead atoms. The number of nitrogens with one attached hydrogen (secondary N) is 2. The number of H-pyrrole nitrogens is 2. The van der Waals surface area contributed by atoms with Crippen LogP contribution in [0.3, 0.4) is 0 Å². The smallest absolute Gasteiger partial charge is 0.261 e. The SMILES string of the molecule is Fc1cc(OCCN2CCCC2)cc(-c2ccnc3[nH]c(-c4n[nH]c5ccc(-c6cncc(CN7CCC(F)(F)C7)c6)nc45)cc23)c1. The maximum absolute atomic E-state index is 14.8.